The molecule has 150 valence electrons. The smallest absolute Gasteiger partial charge is 0.348 e. The van der Waals surface area contributed by atoms with Crippen LogP contribution in [-0.4, -0.2) is 22.6 Å². The topological polar surface area (TPSA) is 105 Å². The molecule has 0 saturated carbocycles. The van der Waals surface area contributed by atoms with Gasteiger partial charge in [-0.05, 0) is 29.8 Å². The number of esters is 2. The fourth-order valence-corrected chi connectivity index (χ4v) is 2.62. The van der Waals surface area contributed by atoms with Crippen molar-refractivity contribution in [2.24, 2.45) is 0 Å². The monoisotopic (exact) mass is 401 g/mol. The second-order valence-electron chi connectivity index (χ2n) is 6.63. The third-order valence-electron chi connectivity index (χ3n) is 3.90. The highest BCUT2D eigenvalue weighted by molar-refractivity contribution is 6.19. The maximum absolute atomic E-state index is 13.3. The zero-order valence-electron chi connectivity index (χ0n) is 15.5. The minimum Gasteiger partial charge on any atom is -0.488 e. The number of benzene rings is 2. The molecule has 1 aliphatic heterocycles. The van der Waals surface area contributed by atoms with Gasteiger partial charge < -0.3 is 14.2 Å². The van der Waals surface area contributed by atoms with E-state index in [1.807, 2.05) is 0 Å². The molecule has 0 spiro atoms. The van der Waals surface area contributed by atoms with Crippen LogP contribution in [0, 0.1) is 15.9 Å². The van der Waals surface area contributed by atoms with Gasteiger partial charge in [-0.1, -0.05) is 12.1 Å². The molecule has 0 N–H and O–H groups in total. The van der Waals surface area contributed by atoms with Crippen molar-refractivity contribution in [3.8, 4) is 5.75 Å². The molecule has 2 aromatic rings. The maximum atomic E-state index is 13.3. The van der Waals surface area contributed by atoms with E-state index in [-0.39, 0.29) is 23.6 Å². The SMILES string of the molecule is CC1(C)OC(=O)C(=Cc2cc([N+](=O)[O-])ccc2OCc2cccc(F)c2)C(=O)O1. The van der Waals surface area contributed by atoms with Crippen LogP contribution in [0.15, 0.2) is 48.0 Å². The highest BCUT2D eigenvalue weighted by atomic mass is 19.1. The van der Waals surface area contributed by atoms with Gasteiger partial charge in [0.2, 0.25) is 0 Å². The molecule has 0 aromatic heterocycles. The van der Waals surface area contributed by atoms with Gasteiger partial charge in [-0.2, -0.15) is 0 Å². The first-order valence-electron chi connectivity index (χ1n) is 8.49. The Bertz CT molecular complexity index is 1010. The summed E-state index contributed by atoms with van der Waals surface area (Å²) < 4.78 is 29.0. The standard InChI is InChI=1S/C20H16FNO7/c1-20(2)28-18(23)16(19(24)29-20)10-13-9-15(22(25)26)6-7-17(13)27-11-12-4-3-5-14(21)8-12/h3-10H,11H2,1-2H3. The van der Waals surface area contributed by atoms with Gasteiger partial charge in [-0.15, -0.1) is 0 Å². The third kappa shape index (κ3) is 4.75. The van der Waals surface area contributed by atoms with Crippen molar-refractivity contribution in [1.82, 2.24) is 0 Å². The summed E-state index contributed by atoms with van der Waals surface area (Å²) in [5.41, 5.74) is -0.0762. The molecule has 8 nitrogen and oxygen atoms in total. The van der Waals surface area contributed by atoms with Crippen molar-refractivity contribution in [2.75, 3.05) is 0 Å². The summed E-state index contributed by atoms with van der Waals surface area (Å²) in [6.45, 7) is 2.77. The van der Waals surface area contributed by atoms with E-state index in [0.717, 1.165) is 12.1 Å². The number of carbonyl (C=O) groups is 2. The number of non-ortho nitro benzene ring substituents is 1. The van der Waals surface area contributed by atoms with Crippen molar-refractivity contribution in [1.29, 1.82) is 0 Å². The fourth-order valence-electron chi connectivity index (χ4n) is 2.62. The Labute approximate surface area is 164 Å². The summed E-state index contributed by atoms with van der Waals surface area (Å²) in [7, 11) is 0. The number of hydrogen-bond acceptors (Lipinski definition) is 7. The molecule has 1 fully saturated rings. The molecule has 3 rings (SSSR count). The molecule has 0 atom stereocenters. The summed E-state index contributed by atoms with van der Waals surface area (Å²) in [4.78, 5) is 34.8. The molecule has 0 unspecified atom stereocenters. The molecular formula is C20H16FNO7. The summed E-state index contributed by atoms with van der Waals surface area (Å²) in [6.07, 6.45) is 1.10. The van der Waals surface area contributed by atoms with E-state index in [4.69, 9.17) is 14.2 Å². The molecule has 0 aliphatic carbocycles. The van der Waals surface area contributed by atoms with Crippen LogP contribution in [0.3, 0.4) is 0 Å². The van der Waals surface area contributed by atoms with Crippen LogP contribution in [0.5, 0.6) is 5.75 Å². The first-order chi connectivity index (χ1) is 13.6. The Hall–Kier alpha value is -3.75. The van der Waals surface area contributed by atoms with E-state index in [2.05, 4.69) is 0 Å². The molecular weight excluding hydrogens is 385 g/mol. The first kappa shape index (κ1) is 20.0. The van der Waals surface area contributed by atoms with Gasteiger partial charge in [0.25, 0.3) is 11.5 Å². The molecule has 1 saturated heterocycles. The minimum absolute atomic E-state index is 0.0341. The van der Waals surface area contributed by atoms with Crippen LogP contribution in [-0.2, 0) is 25.7 Å². The Kier molecular flexibility index (Phi) is 5.31. The number of halogens is 1. The summed E-state index contributed by atoms with van der Waals surface area (Å²) in [5, 5.41) is 11.1. The normalized spacial score (nSPS) is 15.3. The molecule has 29 heavy (non-hydrogen) atoms. The molecule has 0 radical (unpaired) electrons. The van der Waals surface area contributed by atoms with Gasteiger partial charge in [0.1, 0.15) is 23.7 Å². The van der Waals surface area contributed by atoms with Gasteiger partial charge in [-0.3, -0.25) is 10.1 Å². The van der Waals surface area contributed by atoms with Crippen molar-refractivity contribution < 1.29 is 33.1 Å². The van der Waals surface area contributed by atoms with E-state index < -0.39 is 34.0 Å². The Morgan fingerprint density at radius 1 is 1.14 bits per heavy atom. The second kappa shape index (κ2) is 7.70. The number of cyclic esters (lactones) is 2. The predicted molar refractivity (Wildman–Crippen MR) is 98.1 cm³/mol. The van der Waals surface area contributed by atoms with Gasteiger partial charge in [0.05, 0.1) is 4.92 Å². The molecule has 1 aliphatic rings. The van der Waals surface area contributed by atoms with Crippen LogP contribution < -0.4 is 4.74 Å². The zero-order chi connectivity index (χ0) is 21.2. The first-order valence-corrected chi connectivity index (χ1v) is 8.49. The van der Waals surface area contributed by atoms with Crippen molar-refractivity contribution in [2.45, 2.75) is 26.2 Å². The van der Waals surface area contributed by atoms with Gasteiger partial charge in [0, 0.05) is 31.5 Å². The quantitative estimate of drug-likeness (QED) is 0.248. The fraction of sp³-hybridized carbons (Fsp3) is 0.200. The van der Waals surface area contributed by atoms with Gasteiger partial charge in [0.15, 0.2) is 0 Å². The minimum atomic E-state index is -1.41. The van der Waals surface area contributed by atoms with E-state index in [9.17, 15) is 24.1 Å². The number of carbonyl (C=O) groups excluding carboxylic acids is 2. The summed E-state index contributed by atoms with van der Waals surface area (Å²) in [6, 6.07) is 9.41. The lowest BCUT2D eigenvalue weighted by Gasteiger charge is -2.29. The number of nitro benzene ring substituents is 1. The van der Waals surface area contributed by atoms with Gasteiger partial charge in [-0.25, -0.2) is 14.0 Å². The summed E-state index contributed by atoms with van der Waals surface area (Å²) in [5.74, 6) is -3.54. The van der Waals surface area contributed by atoms with E-state index in [1.54, 1.807) is 6.07 Å². The summed E-state index contributed by atoms with van der Waals surface area (Å²) >= 11 is 0. The van der Waals surface area contributed by atoms with Crippen LogP contribution in [0.2, 0.25) is 0 Å². The third-order valence-corrected chi connectivity index (χ3v) is 3.90. The zero-order valence-corrected chi connectivity index (χ0v) is 15.5. The van der Waals surface area contributed by atoms with Crippen molar-refractivity contribution in [3.05, 3.63) is 75.1 Å². The van der Waals surface area contributed by atoms with Gasteiger partial charge >= 0.3 is 11.9 Å². The average Bonchev–Trinajstić information content (AvgIpc) is 2.62. The van der Waals surface area contributed by atoms with E-state index in [0.29, 0.717) is 5.56 Å². The lowest BCUT2D eigenvalue weighted by atomic mass is 10.1. The number of hydrogen-bond donors (Lipinski definition) is 0. The molecule has 0 bridgehead atoms. The van der Waals surface area contributed by atoms with Crippen LogP contribution in [0.1, 0.15) is 25.0 Å². The average molecular weight is 401 g/mol. The number of nitrogens with zero attached hydrogens (tertiary/aromatic N) is 1. The maximum Gasteiger partial charge on any atom is 0.348 e. The molecule has 9 heteroatoms. The lowest BCUT2D eigenvalue weighted by molar-refractivity contribution is -0.384. The lowest BCUT2D eigenvalue weighted by Crippen LogP contribution is -2.41. The Morgan fingerprint density at radius 2 is 1.83 bits per heavy atom. The molecule has 0 amide bonds. The second-order valence-corrected chi connectivity index (χ2v) is 6.63. The number of rotatable bonds is 5. The van der Waals surface area contributed by atoms with E-state index >= 15 is 0 Å². The Balaban J connectivity index is 1.95. The largest absolute Gasteiger partial charge is 0.488 e. The predicted octanol–water partition coefficient (Wildman–Crippen LogP) is 3.53. The highest BCUT2D eigenvalue weighted by Crippen LogP contribution is 2.30. The number of ether oxygens (including phenoxy) is 3. The van der Waals surface area contributed by atoms with Crippen molar-refractivity contribution in [3.63, 3.8) is 0 Å². The highest BCUT2D eigenvalue weighted by Gasteiger charge is 2.39. The van der Waals surface area contributed by atoms with Crippen molar-refractivity contribution >= 4 is 23.7 Å². The number of nitro groups is 1. The van der Waals surface area contributed by atoms with E-state index in [1.165, 1.54) is 44.2 Å². The molecule has 2 aromatic carbocycles. The Morgan fingerprint density at radius 3 is 2.45 bits per heavy atom. The van der Waals surface area contributed by atoms with Crippen LogP contribution in [0.4, 0.5) is 10.1 Å². The van der Waals surface area contributed by atoms with Crippen LogP contribution >= 0.6 is 0 Å². The molecule has 1 heterocycles. The van der Waals surface area contributed by atoms with Crippen LogP contribution in [0.25, 0.3) is 6.08 Å².